The van der Waals surface area contributed by atoms with Gasteiger partial charge in [-0.25, -0.2) is 0 Å². The quantitative estimate of drug-likeness (QED) is 0.339. The minimum absolute atomic E-state index is 1.12. The first kappa shape index (κ1) is 13.7. The molecule has 0 amide bonds. The maximum absolute atomic E-state index is 4.80. The summed E-state index contributed by atoms with van der Waals surface area (Å²) >= 11 is 1.84. The van der Waals surface area contributed by atoms with Crippen molar-refractivity contribution in [2.75, 3.05) is 0 Å². The summed E-state index contributed by atoms with van der Waals surface area (Å²) in [5.41, 5.74) is 4.89. The topological polar surface area (TPSA) is 12.9 Å². The molecule has 0 aliphatic rings. The number of hydrogen-bond donors (Lipinski definition) is 0. The van der Waals surface area contributed by atoms with Gasteiger partial charge in [0, 0.05) is 27.1 Å². The molecule has 24 heavy (non-hydrogen) atoms. The molecule has 0 atom stereocenters. The summed E-state index contributed by atoms with van der Waals surface area (Å²) in [7, 11) is 0. The van der Waals surface area contributed by atoms with E-state index in [9.17, 15) is 0 Å². The Kier molecular flexibility index (Phi) is 2.94. The normalized spacial score (nSPS) is 11.5. The van der Waals surface area contributed by atoms with Gasteiger partial charge in [-0.1, -0.05) is 54.6 Å². The summed E-state index contributed by atoms with van der Waals surface area (Å²) in [4.78, 5) is 4.80. The number of thiophene rings is 1. The number of hydrogen-bond acceptors (Lipinski definition) is 2. The van der Waals surface area contributed by atoms with Crippen molar-refractivity contribution < 1.29 is 0 Å². The number of benzene rings is 3. The lowest BCUT2D eigenvalue weighted by Crippen LogP contribution is -1.82. The summed E-state index contributed by atoms with van der Waals surface area (Å²) in [6.45, 7) is 2.15. The highest BCUT2D eigenvalue weighted by Crippen LogP contribution is 2.39. The van der Waals surface area contributed by atoms with Gasteiger partial charge < -0.3 is 0 Å². The number of fused-ring (bicyclic) bond motifs is 5. The van der Waals surface area contributed by atoms with Crippen LogP contribution in [0.25, 0.3) is 42.2 Å². The zero-order chi connectivity index (χ0) is 16.1. The summed E-state index contributed by atoms with van der Waals surface area (Å²) in [6, 6.07) is 23.7. The van der Waals surface area contributed by atoms with Crippen molar-refractivity contribution in [1.29, 1.82) is 0 Å². The van der Waals surface area contributed by atoms with Gasteiger partial charge in [0.05, 0.1) is 10.2 Å². The Hall–Kier alpha value is -2.71. The SMILES string of the molecule is Cc1cccc2c1cnc1c3cc(-c4ccccc4)ccc3sc21. The van der Waals surface area contributed by atoms with Crippen molar-refractivity contribution in [3.05, 3.63) is 78.5 Å². The van der Waals surface area contributed by atoms with Crippen molar-refractivity contribution in [2.45, 2.75) is 6.92 Å². The van der Waals surface area contributed by atoms with Crippen LogP contribution in [0.15, 0.2) is 72.9 Å². The van der Waals surface area contributed by atoms with Crippen molar-refractivity contribution in [3.63, 3.8) is 0 Å². The van der Waals surface area contributed by atoms with E-state index in [-0.39, 0.29) is 0 Å². The fraction of sp³-hybridized carbons (Fsp3) is 0.0455. The highest BCUT2D eigenvalue weighted by Gasteiger charge is 2.11. The summed E-state index contributed by atoms with van der Waals surface area (Å²) < 4.78 is 2.59. The van der Waals surface area contributed by atoms with Gasteiger partial charge in [-0.05, 0) is 35.7 Å². The van der Waals surface area contributed by atoms with Crippen molar-refractivity contribution in [2.24, 2.45) is 0 Å². The number of nitrogens with zero attached hydrogens (tertiary/aromatic N) is 1. The molecule has 0 spiro atoms. The average Bonchev–Trinajstić information content (AvgIpc) is 3.01. The first-order valence-corrected chi connectivity index (χ1v) is 8.89. The maximum Gasteiger partial charge on any atom is 0.0895 e. The molecular formula is C22H15NS. The van der Waals surface area contributed by atoms with Gasteiger partial charge in [-0.2, -0.15) is 0 Å². The molecule has 0 bridgehead atoms. The predicted octanol–water partition coefficient (Wildman–Crippen LogP) is 6.58. The molecule has 5 aromatic rings. The monoisotopic (exact) mass is 325 g/mol. The molecular weight excluding hydrogens is 310 g/mol. The number of pyridine rings is 1. The van der Waals surface area contributed by atoms with Crippen LogP contribution >= 0.6 is 11.3 Å². The molecule has 0 aliphatic heterocycles. The smallest absolute Gasteiger partial charge is 0.0895 e. The lowest BCUT2D eigenvalue weighted by Gasteiger charge is -2.03. The Balaban J connectivity index is 1.86. The Morgan fingerprint density at radius 2 is 1.62 bits per heavy atom. The summed E-state index contributed by atoms with van der Waals surface area (Å²) in [5, 5.41) is 3.81. The minimum atomic E-state index is 1.12. The van der Waals surface area contributed by atoms with E-state index < -0.39 is 0 Å². The van der Waals surface area contributed by atoms with E-state index in [0.29, 0.717) is 0 Å². The van der Waals surface area contributed by atoms with Gasteiger partial charge in [0.15, 0.2) is 0 Å². The zero-order valence-corrected chi connectivity index (χ0v) is 14.1. The van der Waals surface area contributed by atoms with Crippen LogP contribution in [0.4, 0.5) is 0 Å². The maximum atomic E-state index is 4.80. The van der Waals surface area contributed by atoms with E-state index in [1.54, 1.807) is 0 Å². The average molecular weight is 325 g/mol. The molecule has 2 heterocycles. The molecule has 0 aliphatic carbocycles. The van der Waals surface area contributed by atoms with E-state index in [4.69, 9.17) is 4.98 Å². The van der Waals surface area contributed by atoms with E-state index in [1.165, 1.54) is 42.2 Å². The van der Waals surface area contributed by atoms with Crippen LogP contribution in [0.3, 0.4) is 0 Å². The molecule has 0 N–H and O–H groups in total. The van der Waals surface area contributed by atoms with Crippen molar-refractivity contribution in [1.82, 2.24) is 4.98 Å². The molecule has 0 unspecified atom stereocenters. The van der Waals surface area contributed by atoms with E-state index in [2.05, 4.69) is 73.7 Å². The first-order chi connectivity index (χ1) is 11.8. The minimum Gasteiger partial charge on any atom is -0.254 e. The van der Waals surface area contributed by atoms with Gasteiger partial charge >= 0.3 is 0 Å². The summed E-state index contributed by atoms with van der Waals surface area (Å²) in [5.74, 6) is 0. The molecule has 1 nitrogen and oxygen atoms in total. The third-order valence-electron chi connectivity index (χ3n) is 4.66. The van der Waals surface area contributed by atoms with E-state index in [0.717, 1.165) is 5.52 Å². The fourth-order valence-electron chi connectivity index (χ4n) is 3.38. The zero-order valence-electron chi connectivity index (χ0n) is 13.3. The number of aryl methyl sites for hydroxylation is 1. The molecule has 2 aromatic heterocycles. The highest BCUT2D eigenvalue weighted by atomic mass is 32.1. The lowest BCUT2D eigenvalue weighted by molar-refractivity contribution is 1.44. The van der Waals surface area contributed by atoms with Gasteiger partial charge in [0.2, 0.25) is 0 Å². The first-order valence-electron chi connectivity index (χ1n) is 8.07. The van der Waals surface area contributed by atoms with Gasteiger partial charge in [-0.15, -0.1) is 11.3 Å². The van der Waals surface area contributed by atoms with Crippen LogP contribution in [0.5, 0.6) is 0 Å². The van der Waals surface area contributed by atoms with Gasteiger partial charge in [-0.3, -0.25) is 4.98 Å². The third kappa shape index (κ3) is 1.97. The fourth-order valence-corrected chi connectivity index (χ4v) is 4.55. The van der Waals surface area contributed by atoms with Crippen LogP contribution in [0.2, 0.25) is 0 Å². The van der Waals surface area contributed by atoms with Gasteiger partial charge in [0.25, 0.3) is 0 Å². The van der Waals surface area contributed by atoms with Gasteiger partial charge in [0.1, 0.15) is 0 Å². The molecule has 0 fully saturated rings. The third-order valence-corrected chi connectivity index (χ3v) is 5.85. The largest absolute Gasteiger partial charge is 0.254 e. The Morgan fingerprint density at radius 1 is 0.750 bits per heavy atom. The Labute approximate surface area is 144 Å². The molecule has 0 saturated carbocycles. The second kappa shape index (κ2) is 5.15. The molecule has 3 aromatic carbocycles. The van der Waals surface area contributed by atoms with Crippen molar-refractivity contribution in [3.8, 4) is 11.1 Å². The predicted molar refractivity (Wildman–Crippen MR) is 105 cm³/mol. The van der Waals surface area contributed by atoms with Crippen molar-refractivity contribution >= 4 is 42.4 Å². The molecule has 114 valence electrons. The van der Waals surface area contributed by atoms with Crippen LogP contribution < -0.4 is 0 Å². The number of rotatable bonds is 1. The standard InChI is InChI=1S/C22H15NS/c1-14-6-5-9-17-19(14)13-23-21-18-12-16(15-7-3-2-4-8-15)10-11-20(18)24-22(17)21/h2-13H,1H3. The molecule has 0 radical (unpaired) electrons. The lowest BCUT2D eigenvalue weighted by atomic mass is 10.0. The van der Waals surface area contributed by atoms with Crippen LogP contribution in [0.1, 0.15) is 5.56 Å². The van der Waals surface area contributed by atoms with E-state index in [1.807, 2.05) is 17.5 Å². The summed E-state index contributed by atoms with van der Waals surface area (Å²) in [6.07, 6.45) is 2.02. The van der Waals surface area contributed by atoms with Crippen LogP contribution in [-0.4, -0.2) is 4.98 Å². The van der Waals surface area contributed by atoms with E-state index >= 15 is 0 Å². The second-order valence-electron chi connectivity index (χ2n) is 6.15. The Morgan fingerprint density at radius 3 is 2.50 bits per heavy atom. The second-order valence-corrected chi connectivity index (χ2v) is 7.20. The Bertz CT molecular complexity index is 1200. The number of aromatic nitrogens is 1. The van der Waals surface area contributed by atoms with Crippen LogP contribution in [-0.2, 0) is 0 Å². The molecule has 2 heteroatoms. The molecule has 0 saturated heterocycles. The molecule has 5 rings (SSSR count). The highest BCUT2D eigenvalue weighted by molar-refractivity contribution is 7.26. The van der Waals surface area contributed by atoms with Crippen LogP contribution in [0, 0.1) is 6.92 Å².